The molecule has 2 amide bonds. The lowest BCUT2D eigenvalue weighted by atomic mass is 9.95. The first-order valence-corrected chi connectivity index (χ1v) is 6.70. The Hall–Kier alpha value is -1.95. The van der Waals surface area contributed by atoms with Crippen molar-refractivity contribution in [3.8, 4) is 5.75 Å². The highest BCUT2D eigenvalue weighted by atomic mass is 35.5. The van der Waals surface area contributed by atoms with Crippen molar-refractivity contribution < 1.29 is 14.3 Å². The third-order valence-corrected chi connectivity index (χ3v) is 2.92. The summed E-state index contributed by atoms with van der Waals surface area (Å²) in [5, 5.41) is 5.37. The maximum Gasteiger partial charge on any atom is 0.246 e. The molecule has 0 saturated heterocycles. The van der Waals surface area contributed by atoms with Crippen molar-refractivity contribution in [3.63, 3.8) is 0 Å². The number of amides is 2. The second-order valence-corrected chi connectivity index (χ2v) is 5.89. The van der Waals surface area contributed by atoms with Crippen LogP contribution in [0.2, 0.25) is 0 Å². The highest BCUT2D eigenvalue weighted by Crippen LogP contribution is 2.24. The molecule has 0 spiro atoms. The van der Waals surface area contributed by atoms with Crippen molar-refractivity contribution in [3.05, 3.63) is 18.2 Å². The quantitative estimate of drug-likeness (QED) is 0.738. The summed E-state index contributed by atoms with van der Waals surface area (Å²) in [6, 6.07) is 4.32. The Morgan fingerprint density at radius 3 is 2.32 bits per heavy atom. The minimum absolute atomic E-state index is 0. The van der Waals surface area contributed by atoms with E-state index in [2.05, 4.69) is 10.6 Å². The number of anilines is 2. The summed E-state index contributed by atoms with van der Waals surface area (Å²) in [4.78, 5) is 23.9. The van der Waals surface area contributed by atoms with Gasteiger partial charge < -0.3 is 21.1 Å². The maximum absolute atomic E-state index is 12.0. The normalized spacial score (nSPS) is 11.9. The molecule has 124 valence electrons. The van der Waals surface area contributed by atoms with E-state index in [4.69, 9.17) is 10.5 Å². The van der Waals surface area contributed by atoms with Crippen LogP contribution in [0.25, 0.3) is 0 Å². The minimum atomic E-state index is -0.639. The topological polar surface area (TPSA) is 93.5 Å². The summed E-state index contributed by atoms with van der Waals surface area (Å²) < 4.78 is 5.05. The van der Waals surface area contributed by atoms with Gasteiger partial charge in [-0.2, -0.15) is 0 Å². The first-order valence-electron chi connectivity index (χ1n) is 6.70. The van der Waals surface area contributed by atoms with Gasteiger partial charge in [0, 0.05) is 11.1 Å². The van der Waals surface area contributed by atoms with E-state index in [-0.39, 0.29) is 24.2 Å². The molecule has 4 N–H and O–H groups in total. The number of benzene rings is 1. The van der Waals surface area contributed by atoms with Gasteiger partial charge in [0.25, 0.3) is 0 Å². The standard InChI is InChI=1S/C15H23N3O3.ClH/c1-9(17-14(20)15(2,3)4)13(19)18-10-6-7-12(21-5)11(16)8-10;/h6-9H,16H2,1-5H3,(H,17,20)(H,18,19);1H. The number of nitrogen functional groups attached to an aromatic ring is 1. The lowest BCUT2D eigenvalue weighted by Gasteiger charge is -2.21. The fourth-order valence-electron chi connectivity index (χ4n) is 1.54. The molecular weight excluding hydrogens is 306 g/mol. The van der Waals surface area contributed by atoms with E-state index >= 15 is 0 Å². The smallest absolute Gasteiger partial charge is 0.246 e. The third kappa shape index (κ3) is 5.44. The number of hydrogen-bond donors (Lipinski definition) is 3. The number of nitrogens with one attached hydrogen (secondary N) is 2. The molecule has 1 aromatic rings. The minimum Gasteiger partial charge on any atom is -0.495 e. The summed E-state index contributed by atoms with van der Waals surface area (Å²) in [6.45, 7) is 7.00. The van der Waals surface area contributed by atoms with Gasteiger partial charge in [-0.1, -0.05) is 20.8 Å². The molecule has 0 aliphatic heterocycles. The van der Waals surface area contributed by atoms with E-state index in [9.17, 15) is 9.59 Å². The molecule has 7 heteroatoms. The van der Waals surface area contributed by atoms with Gasteiger partial charge in [-0.05, 0) is 25.1 Å². The van der Waals surface area contributed by atoms with E-state index in [1.54, 1.807) is 45.9 Å². The number of ether oxygens (including phenoxy) is 1. The van der Waals surface area contributed by atoms with E-state index in [0.29, 0.717) is 17.1 Å². The number of carbonyl (C=O) groups excluding carboxylic acids is 2. The van der Waals surface area contributed by atoms with E-state index in [1.807, 2.05) is 0 Å². The first-order chi connectivity index (χ1) is 9.65. The SMILES string of the molecule is COc1ccc(NC(=O)C(C)NC(=O)C(C)(C)C)cc1N.Cl. The zero-order valence-corrected chi connectivity index (χ0v) is 14.3. The van der Waals surface area contributed by atoms with Crippen molar-refractivity contribution in [2.24, 2.45) is 5.41 Å². The average Bonchev–Trinajstić information content (AvgIpc) is 2.37. The van der Waals surface area contributed by atoms with Gasteiger partial charge in [0.2, 0.25) is 11.8 Å². The Labute approximate surface area is 137 Å². The fourth-order valence-corrected chi connectivity index (χ4v) is 1.54. The van der Waals surface area contributed by atoms with Crippen molar-refractivity contribution >= 4 is 35.6 Å². The van der Waals surface area contributed by atoms with Crippen LogP contribution in [0.4, 0.5) is 11.4 Å². The van der Waals surface area contributed by atoms with Gasteiger partial charge in [0.15, 0.2) is 0 Å². The number of hydrogen-bond acceptors (Lipinski definition) is 4. The molecule has 1 rings (SSSR count). The molecule has 22 heavy (non-hydrogen) atoms. The molecule has 0 bridgehead atoms. The molecule has 1 atom stereocenters. The number of nitrogens with two attached hydrogens (primary N) is 1. The first kappa shape index (κ1) is 20.1. The highest BCUT2D eigenvalue weighted by Gasteiger charge is 2.25. The summed E-state index contributed by atoms with van der Waals surface area (Å²) in [7, 11) is 1.52. The van der Waals surface area contributed by atoms with E-state index in [0.717, 1.165) is 0 Å². The van der Waals surface area contributed by atoms with Crippen molar-refractivity contribution in [1.29, 1.82) is 0 Å². The Bertz CT molecular complexity index is 541. The van der Waals surface area contributed by atoms with Crippen LogP contribution in [-0.2, 0) is 9.59 Å². The van der Waals surface area contributed by atoms with Crippen molar-refractivity contribution in [1.82, 2.24) is 5.32 Å². The van der Waals surface area contributed by atoms with Crippen LogP contribution in [0.5, 0.6) is 5.75 Å². The number of carbonyl (C=O) groups is 2. The Kier molecular flexibility index (Phi) is 7.19. The average molecular weight is 330 g/mol. The highest BCUT2D eigenvalue weighted by molar-refractivity contribution is 5.97. The molecule has 0 fully saturated rings. The molecule has 0 aromatic heterocycles. The predicted octanol–water partition coefficient (Wildman–Crippen LogP) is 2.19. The fraction of sp³-hybridized carbons (Fsp3) is 0.467. The van der Waals surface area contributed by atoms with E-state index < -0.39 is 11.5 Å². The number of methoxy groups -OCH3 is 1. The zero-order valence-electron chi connectivity index (χ0n) is 13.5. The van der Waals surface area contributed by atoms with Gasteiger partial charge in [0.1, 0.15) is 11.8 Å². The van der Waals surface area contributed by atoms with Crippen molar-refractivity contribution in [2.75, 3.05) is 18.2 Å². The van der Waals surface area contributed by atoms with Crippen molar-refractivity contribution in [2.45, 2.75) is 33.7 Å². The Morgan fingerprint density at radius 1 is 1.27 bits per heavy atom. The third-order valence-electron chi connectivity index (χ3n) is 2.92. The van der Waals surface area contributed by atoms with Crippen LogP contribution in [-0.4, -0.2) is 25.0 Å². The molecule has 0 aliphatic rings. The van der Waals surface area contributed by atoms with Gasteiger partial charge in [-0.15, -0.1) is 12.4 Å². The van der Waals surface area contributed by atoms with Crippen LogP contribution < -0.4 is 21.1 Å². The van der Waals surface area contributed by atoms with Crippen LogP contribution >= 0.6 is 12.4 Å². The molecular formula is C15H24ClN3O3. The molecule has 0 saturated carbocycles. The van der Waals surface area contributed by atoms with Gasteiger partial charge in [-0.25, -0.2) is 0 Å². The summed E-state index contributed by atoms with van der Waals surface area (Å²) in [6.07, 6.45) is 0. The maximum atomic E-state index is 12.0. The van der Waals surface area contributed by atoms with Crippen LogP contribution in [0, 0.1) is 5.41 Å². The van der Waals surface area contributed by atoms with E-state index in [1.165, 1.54) is 7.11 Å². The van der Waals surface area contributed by atoms with Crippen LogP contribution in [0.3, 0.4) is 0 Å². The Morgan fingerprint density at radius 2 is 1.86 bits per heavy atom. The molecule has 6 nitrogen and oxygen atoms in total. The molecule has 0 radical (unpaired) electrons. The number of halogens is 1. The number of rotatable bonds is 4. The van der Waals surface area contributed by atoms with Gasteiger partial charge in [-0.3, -0.25) is 9.59 Å². The monoisotopic (exact) mass is 329 g/mol. The lowest BCUT2D eigenvalue weighted by molar-refractivity contribution is -0.131. The Balaban J connectivity index is 0.00000441. The van der Waals surface area contributed by atoms with Gasteiger partial charge in [0.05, 0.1) is 12.8 Å². The largest absolute Gasteiger partial charge is 0.495 e. The van der Waals surface area contributed by atoms with Gasteiger partial charge >= 0.3 is 0 Å². The summed E-state index contributed by atoms with van der Waals surface area (Å²) >= 11 is 0. The molecule has 0 aliphatic carbocycles. The lowest BCUT2D eigenvalue weighted by Crippen LogP contribution is -2.46. The predicted molar refractivity (Wildman–Crippen MR) is 90.3 cm³/mol. The molecule has 0 heterocycles. The second-order valence-electron chi connectivity index (χ2n) is 5.89. The van der Waals surface area contributed by atoms with Crippen LogP contribution in [0.1, 0.15) is 27.7 Å². The zero-order chi connectivity index (χ0) is 16.2. The molecule has 1 aromatic carbocycles. The molecule has 1 unspecified atom stereocenters. The van der Waals surface area contributed by atoms with Crippen LogP contribution in [0.15, 0.2) is 18.2 Å². The summed E-state index contributed by atoms with van der Waals surface area (Å²) in [5.74, 6) is 0.0543. The second kappa shape index (κ2) is 7.89. The summed E-state index contributed by atoms with van der Waals surface area (Å²) in [5.41, 5.74) is 6.22.